The van der Waals surface area contributed by atoms with Crippen LogP contribution in [0.15, 0.2) is 71.8 Å². The number of hydrogen-bond donors (Lipinski definition) is 1. The summed E-state index contributed by atoms with van der Waals surface area (Å²) in [4.78, 5) is 12.0. The van der Waals surface area contributed by atoms with Gasteiger partial charge < -0.3 is 0 Å². The van der Waals surface area contributed by atoms with E-state index in [4.69, 9.17) is 0 Å². The molecular formula is C19H15FN2O. The minimum Gasteiger partial charge on any atom is -0.273 e. The number of hydrogen-bond acceptors (Lipinski definition) is 2. The molecule has 1 N–H and O–H groups in total. The molecule has 0 heterocycles. The molecule has 23 heavy (non-hydrogen) atoms. The predicted octanol–water partition coefficient (Wildman–Crippen LogP) is 3.67. The SMILES string of the molecule is O=C(Cc1cccc2ccccc12)N/N=C/c1cccc(F)c1. The summed E-state index contributed by atoms with van der Waals surface area (Å²) in [6.07, 6.45) is 1.66. The molecule has 0 aliphatic carbocycles. The second kappa shape index (κ2) is 6.83. The summed E-state index contributed by atoms with van der Waals surface area (Å²) in [5.74, 6) is -0.551. The maximum absolute atomic E-state index is 13.0. The molecule has 0 aliphatic rings. The van der Waals surface area contributed by atoms with Gasteiger partial charge >= 0.3 is 0 Å². The van der Waals surface area contributed by atoms with Crippen LogP contribution >= 0.6 is 0 Å². The maximum Gasteiger partial charge on any atom is 0.244 e. The van der Waals surface area contributed by atoms with Crippen LogP contribution in [0.1, 0.15) is 11.1 Å². The number of rotatable bonds is 4. The van der Waals surface area contributed by atoms with E-state index in [0.29, 0.717) is 5.56 Å². The third-order valence-electron chi connectivity index (χ3n) is 3.48. The fourth-order valence-electron chi connectivity index (χ4n) is 2.42. The number of amides is 1. The van der Waals surface area contributed by atoms with Gasteiger partial charge in [-0.3, -0.25) is 4.79 Å². The summed E-state index contributed by atoms with van der Waals surface area (Å²) in [5.41, 5.74) is 4.01. The molecule has 0 aromatic heterocycles. The molecule has 4 heteroatoms. The lowest BCUT2D eigenvalue weighted by molar-refractivity contribution is -0.120. The zero-order chi connectivity index (χ0) is 16.1. The van der Waals surface area contributed by atoms with Crippen molar-refractivity contribution < 1.29 is 9.18 Å². The molecule has 0 unspecified atom stereocenters. The number of benzene rings is 3. The normalized spacial score (nSPS) is 11.0. The van der Waals surface area contributed by atoms with Crippen molar-refractivity contribution in [3.05, 3.63) is 83.7 Å². The van der Waals surface area contributed by atoms with Crippen LogP contribution in [0.3, 0.4) is 0 Å². The van der Waals surface area contributed by atoms with Crippen molar-refractivity contribution in [1.29, 1.82) is 0 Å². The van der Waals surface area contributed by atoms with Gasteiger partial charge in [-0.15, -0.1) is 0 Å². The Hall–Kier alpha value is -3.01. The highest BCUT2D eigenvalue weighted by atomic mass is 19.1. The van der Waals surface area contributed by atoms with Gasteiger partial charge in [-0.2, -0.15) is 5.10 Å². The Morgan fingerprint density at radius 2 is 1.83 bits per heavy atom. The zero-order valence-electron chi connectivity index (χ0n) is 12.4. The summed E-state index contributed by atoms with van der Waals surface area (Å²) >= 11 is 0. The molecule has 0 radical (unpaired) electrons. The second-order valence-electron chi connectivity index (χ2n) is 5.16. The van der Waals surface area contributed by atoms with E-state index in [1.807, 2.05) is 42.5 Å². The Morgan fingerprint density at radius 3 is 2.70 bits per heavy atom. The summed E-state index contributed by atoms with van der Waals surface area (Å²) in [7, 11) is 0. The van der Waals surface area contributed by atoms with E-state index >= 15 is 0 Å². The first-order valence-electron chi connectivity index (χ1n) is 7.26. The average Bonchev–Trinajstić information content (AvgIpc) is 2.55. The fraction of sp³-hybridized carbons (Fsp3) is 0.0526. The van der Waals surface area contributed by atoms with E-state index in [2.05, 4.69) is 10.5 Å². The molecule has 1 amide bonds. The first kappa shape index (κ1) is 14.9. The van der Waals surface area contributed by atoms with Crippen molar-refractivity contribution in [2.24, 2.45) is 5.10 Å². The lowest BCUT2D eigenvalue weighted by Gasteiger charge is -2.05. The third-order valence-corrected chi connectivity index (χ3v) is 3.48. The summed E-state index contributed by atoms with van der Waals surface area (Å²) < 4.78 is 13.0. The van der Waals surface area contributed by atoms with Crippen molar-refractivity contribution >= 4 is 22.9 Å². The Balaban J connectivity index is 1.67. The molecule has 0 fully saturated rings. The summed E-state index contributed by atoms with van der Waals surface area (Å²) in [6, 6.07) is 19.8. The van der Waals surface area contributed by atoms with Gasteiger partial charge in [0.1, 0.15) is 5.82 Å². The second-order valence-corrected chi connectivity index (χ2v) is 5.16. The number of nitrogens with one attached hydrogen (secondary N) is 1. The van der Waals surface area contributed by atoms with Gasteiger partial charge in [0.25, 0.3) is 0 Å². The van der Waals surface area contributed by atoms with Crippen LogP contribution in [-0.4, -0.2) is 12.1 Å². The van der Waals surface area contributed by atoms with Gasteiger partial charge in [0, 0.05) is 0 Å². The van der Waals surface area contributed by atoms with Crippen LogP contribution in [0.4, 0.5) is 4.39 Å². The van der Waals surface area contributed by atoms with E-state index in [1.54, 1.807) is 12.1 Å². The van der Waals surface area contributed by atoms with Crippen LogP contribution in [-0.2, 0) is 11.2 Å². The summed E-state index contributed by atoms with van der Waals surface area (Å²) in [6.45, 7) is 0. The molecule has 0 bridgehead atoms. The minimum absolute atomic E-state index is 0.214. The number of carbonyl (C=O) groups is 1. The minimum atomic E-state index is -0.337. The first-order valence-corrected chi connectivity index (χ1v) is 7.26. The van der Waals surface area contributed by atoms with Crippen LogP contribution < -0.4 is 5.43 Å². The lowest BCUT2D eigenvalue weighted by Crippen LogP contribution is -2.19. The fourth-order valence-corrected chi connectivity index (χ4v) is 2.42. The molecule has 3 nitrogen and oxygen atoms in total. The van der Waals surface area contributed by atoms with Crippen molar-refractivity contribution in [1.82, 2.24) is 5.43 Å². The van der Waals surface area contributed by atoms with Crippen LogP contribution in [0, 0.1) is 5.82 Å². The van der Waals surface area contributed by atoms with Gasteiger partial charge in [0.15, 0.2) is 0 Å². The van der Waals surface area contributed by atoms with Crippen molar-refractivity contribution in [3.63, 3.8) is 0 Å². The van der Waals surface area contributed by atoms with Gasteiger partial charge in [0.05, 0.1) is 12.6 Å². The van der Waals surface area contributed by atoms with E-state index < -0.39 is 0 Å². The van der Waals surface area contributed by atoms with Crippen LogP contribution in [0.2, 0.25) is 0 Å². The monoisotopic (exact) mass is 306 g/mol. The lowest BCUT2D eigenvalue weighted by atomic mass is 10.0. The molecule has 3 aromatic rings. The highest BCUT2D eigenvalue weighted by Crippen LogP contribution is 2.18. The Bertz CT molecular complexity index is 869. The van der Waals surface area contributed by atoms with E-state index in [-0.39, 0.29) is 18.1 Å². The molecule has 0 saturated carbocycles. The van der Waals surface area contributed by atoms with E-state index in [0.717, 1.165) is 16.3 Å². The van der Waals surface area contributed by atoms with Crippen molar-refractivity contribution in [2.45, 2.75) is 6.42 Å². The van der Waals surface area contributed by atoms with Crippen molar-refractivity contribution in [2.75, 3.05) is 0 Å². The molecule has 114 valence electrons. The highest BCUT2D eigenvalue weighted by Gasteiger charge is 2.05. The standard InChI is InChI=1S/C19H15FN2O/c20-17-9-3-5-14(11-17)13-21-22-19(23)12-16-8-4-7-15-6-1-2-10-18(15)16/h1-11,13H,12H2,(H,22,23)/b21-13+. The predicted molar refractivity (Wildman–Crippen MR) is 89.8 cm³/mol. The van der Waals surface area contributed by atoms with Crippen molar-refractivity contribution in [3.8, 4) is 0 Å². The molecular weight excluding hydrogens is 291 g/mol. The van der Waals surface area contributed by atoms with Gasteiger partial charge in [0.2, 0.25) is 5.91 Å². The smallest absolute Gasteiger partial charge is 0.244 e. The van der Waals surface area contributed by atoms with Gasteiger partial charge in [-0.1, -0.05) is 54.6 Å². The van der Waals surface area contributed by atoms with Crippen LogP contribution in [0.5, 0.6) is 0 Å². The van der Waals surface area contributed by atoms with Gasteiger partial charge in [-0.25, -0.2) is 9.82 Å². The third kappa shape index (κ3) is 3.80. The Morgan fingerprint density at radius 1 is 1.04 bits per heavy atom. The molecule has 0 atom stereocenters. The quantitative estimate of drug-likeness (QED) is 0.580. The zero-order valence-corrected chi connectivity index (χ0v) is 12.4. The topological polar surface area (TPSA) is 41.5 Å². The van der Waals surface area contributed by atoms with Gasteiger partial charge in [-0.05, 0) is 34.0 Å². The number of halogens is 1. The van der Waals surface area contributed by atoms with Crippen LogP contribution in [0.25, 0.3) is 10.8 Å². The Labute approximate surface area is 133 Å². The maximum atomic E-state index is 13.0. The number of fused-ring (bicyclic) bond motifs is 1. The number of nitrogens with zero attached hydrogens (tertiary/aromatic N) is 1. The molecule has 3 aromatic carbocycles. The summed E-state index contributed by atoms with van der Waals surface area (Å²) in [5, 5.41) is 6.02. The molecule has 3 rings (SSSR count). The molecule has 0 saturated heterocycles. The number of hydrazone groups is 1. The number of carbonyl (C=O) groups excluding carboxylic acids is 1. The Kier molecular flexibility index (Phi) is 4.43. The first-order chi connectivity index (χ1) is 11.2. The van der Waals surface area contributed by atoms with E-state index in [1.165, 1.54) is 18.3 Å². The molecule has 0 aliphatic heterocycles. The largest absolute Gasteiger partial charge is 0.273 e. The average molecular weight is 306 g/mol. The van der Waals surface area contributed by atoms with E-state index in [9.17, 15) is 9.18 Å². The highest BCUT2D eigenvalue weighted by molar-refractivity contribution is 5.90. The molecule has 0 spiro atoms.